The van der Waals surface area contributed by atoms with Gasteiger partial charge in [0.15, 0.2) is 0 Å². The molecular weight excluding hydrogens is 148 g/mol. The van der Waals surface area contributed by atoms with Crippen LogP contribution in [0.2, 0.25) is 0 Å². The van der Waals surface area contributed by atoms with Crippen LogP contribution >= 0.6 is 0 Å². The Morgan fingerprint density at radius 1 is 1.42 bits per heavy atom. The van der Waals surface area contributed by atoms with E-state index in [0.29, 0.717) is 5.41 Å². The van der Waals surface area contributed by atoms with Gasteiger partial charge >= 0.3 is 0 Å². The third-order valence-electron chi connectivity index (χ3n) is 1.81. The Morgan fingerprint density at radius 2 is 2.00 bits per heavy atom. The van der Waals surface area contributed by atoms with Gasteiger partial charge in [0.25, 0.3) is 0 Å². The van der Waals surface area contributed by atoms with Gasteiger partial charge in [0.1, 0.15) is 0 Å². The van der Waals surface area contributed by atoms with Crippen molar-refractivity contribution >= 4 is 0 Å². The van der Waals surface area contributed by atoms with E-state index in [9.17, 15) is 0 Å². The van der Waals surface area contributed by atoms with Crippen LogP contribution in [-0.4, -0.2) is 6.61 Å². The normalized spacial score (nSPS) is 14.0. The van der Waals surface area contributed by atoms with Crippen LogP contribution in [0.4, 0.5) is 0 Å². The molecule has 0 rings (SSSR count). The molecule has 1 heteroatoms. The van der Waals surface area contributed by atoms with Gasteiger partial charge in [0, 0.05) is 0 Å². The SMILES string of the molecule is C=COCCC(C)CC(C)(C)C. The molecule has 0 spiro atoms. The Kier molecular flexibility index (Phi) is 5.03. The number of hydrogen-bond donors (Lipinski definition) is 0. The fourth-order valence-electron chi connectivity index (χ4n) is 1.50. The van der Waals surface area contributed by atoms with E-state index in [2.05, 4.69) is 34.3 Å². The van der Waals surface area contributed by atoms with E-state index in [1.165, 1.54) is 12.7 Å². The first-order valence-electron chi connectivity index (χ1n) is 4.68. The fourth-order valence-corrected chi connectivity index (χ4v) is 1.50. The predicted molar refractivity (Wildman–Crippen MR) is 54.0 cm³/mol. The molecular formula is C11H22O. The standard InChI is InChI=1S/C11H22O/c1-6-12-8-7-10(2)9-11(3,4)5/h6,10H,1,7-9H2,2-5H3. The minimum absolute atomic E-state index is 0.438. The Bertz CT molecular complexity index is 121. The number of hydrogen-bond acceptors (Lipinski definition) is 1. The molecule has 0 bridgehead atoms. The van der Waals surface area contributed by atoms with Crippen LogP contribution in [0.1, 0.15) is 40.5 Å². The molecule has 72 valence electrons. The van der Waals surface area contributed by atoms with E-state index < -0.39 is 0 Å². The van der Waals surface area contributed by atoms with Crippen LogP contribution in [0, 0.1) is 11.3 Å². The summed E-state index contributed by atoms with van der Waals surface area (Å²) in [4.78, 5) is 0. The van der Waals surface area contributed by atoms with Crippen LogP contribution in [0.15, 0.2) is 12.8 Å². The Hall–Kier alpha value is -0.460. The lowest BCUT2D eigenvalue weighted by atomic mass is 9.84. The second kappa shape index (κ2) is 5.23. The van der Waals surface area contributed by atoms with Gasteiger partial charge in [-0.3, -0.25) is 0 Å². The Morgan fingerprint density at radius 3 is 2.42 bits per heavy atom. The highest BCUT2D eigenvalue weighted by molar-refractivity contribution is 4.66. The average molecular weight is 170 g/mol. The van der Waals surface area contributed by atoms with Gasteiger partial charge in [-0.05, 0) is 24.2 Å². The topological polar surface area (TPSA) is 9.23 Å². The molecule has 1 nitrogen and oxygen atoms in total. The second-order valence-corrected chi connectivity index (χ2v) is 4.70. The maximum absolute atomic E-state index is 5.08. The molecule has 1 atom stereocenters. The van der Waals surface area contributed by atoms with Crippen molar-refractivity contribution < 1.29 is 4.74 Å². The first-order valence-corrected chi connectivity index (χ1v) is 4.68. The molecule has 1 unspecified atom stereocenters. The first-order chi connectivity index (χ1) is 5.45. The largest absolute Gasteiger partial charge is 0.502 e. The molecule has 0 saturated heterocycles. The van der Waals surface area contributed by atoms with Crippen molar-refractivity contribution in [1.82, 2.24) is 0 Å². The molecule has 0 saturated carbocycles. The first kappa shape index (κ1) is 11.5. The molecule has 0 N–H and O–H groups in total. The summed E-state index contributed by atoms with van der Waals surface area (Å²) >= 11 is 0. The smallest absolute Gasteiger partial charge is 0.0875 e. The van der Waals surface area contributed by atoms with Gasteiger partial charge in [0.2, 0.25) is 0 Å². The second-order valence-electron chi connectivity index (χ2n) is 4.70. The quantitative estimate of drug-likeness (QED) is 0.452. The fraction of sp³-hybridized carbons (Fsp3) is 0.818. The van der Waals surface area contributed by atoms with Crippen molar-refractivity contribution in [3.63, 3.8) is 0 Å². The Labute approximate surface area is 76.8 Å². The summed E-state index contributed by atoms with van der Waals surface area (Å²) in [6.07, 6.45) is 3.90. The minimum Gasteiger partial charge on any atom is -0.502 e. The van der Waals surface area contributed by atoms with E-state index >= 15 is 0 Å². The molecule has 0 aliphatic heterocycles. The van der Waals surface area contributed by atoms with E-state index in [4.69, 9.17) is 4.74 Å². The summed E-state index contributed by atoms with van der Waals surface area (Å²) in [6, 6.07) is 0. The van der Waals surface area contributed by atoms with Gasteiger partial charge < -0.3 is 4.74 Å². The molecule has 12 heavy (non-hydrogen) atoms. The highest BCUT2D eigenvalue weighted by Crippen LogP contribution is 2.25. The lowest BCUT2D eigenvalue weighted by Gasteiger charge is -2.22. The van der Waals surface area contributed by atoms with Gasteiger partial charge in [-0.25, -0.2) is 0 Å². The molecule has 0 radical (unpaired) electrons. The molecule has 0 aliphatic rings. The van der Waals surface area contributed by atoms with Crippen LogP contribution < -0.4 is 0 Å². The van der Waals surface area contributed by atoms with Crippen molar-refractivity contribution in [2.45, 2.75) is 40.5 Å². The minimum atomic E-state index is 0.438. The zero-order valence-corrected chi connectivity index (χ0v) is 8.89. The van der Waals surface area contributed by atoms with Crippen molar-refractivity contribution in [1.29, 1.82) is 0 Å². The average Bonchev–Trinajstić information content (AvgIpc) is 1.84. The van der Waals surface area contributed by atoms with E-state index in [1.54, 1.807) is 0 Å². The zero-order chi connectivity index (χ0) is 9.61. The van der Waals surface area contributed by atoms with Crippen molar-refractivity contribution in [2.24, 2.45) is 11.3 Å². The van der Waals surface area contributed by atoms with Crippen molar-refractivity contribution in [2.75, 3.05) is 6.61 Å². The van der Waals surface area contributed by atoms with E-state index in [1.807, 2.05) is 0 Å². The van der Waals surface area contributed by atoms with Crippen LogP contribution in [0.25, 0.3) is 0 Å². The van der Waals surface area contributed by atoms with Crippen molar-refractivity contribution in [3.05, 3.63) is 12.8 Å². The summed E-state index contributed by atoms with van der Waals surface area (Å²) in [7, 11) is 0. The molecule has 0 heterocycles. The van der Waals surface area contributed by atoms with Gasteiger partial charge in [-0.15, -0.1) is 0 Å². The van der Waals surface area contributed by atoms with E-state index in [0.717, 1.165) is 18.9 Å². The van der Waals surface area contributed by atoms with E-state index in [-0.39, 0.29) is 0 Å². The van der Waals surface area contributed by atoms with Gasteiger partial charge in [0.05, 0.1) is 12.9 Å². The van der Waals surface area contributed by atoms with Crippen LogP contribution in [-0.2, 0) is 4.74 Å². The van der Waals surface area contributed by atoms with Crippen LogP contribution in [0.3, 0.4) is 0 Å². The third kappa shape index (κ3) is 7.64. The molecule has 0 aliphatic carbocycles. The zero-order valence-electron chi connectivity index (χ0n) is 8.89. The summed E-state index contributed by atoms with van der Waals surface area (Å²) in [5.74, 6) is 0.741. The predicted octanol–water partition coefficient (Wildman–Crippen LogP) is 3.61. The molecule has 0 aromatic rings. The highest BCUT2D eigenvalue weighted by Gasteiger charge is 2.14. The maximum atomic E-state index is 5.08. The highest BCUT2D eigenvalue weighted by atomic mass is 16.5. The maximum Gasteiger partial charge on any atom is 0.0875 e. The Balaban J connectivity index is 3.46. The molecule has 0 fully saturated rings. The lowest BCUT2D eigenvalue weighted by molar-refractivity contribution is 0.204. The summed E-state index contributed by atoms with van der Waals surface area (Å²) in [5, 5.41) is 0. The van der Waals surface area contributed by atoms with Crippen molar-refractivity contribution in [3.8, 4) is 0 Å². The molecule has 0 amide bonds. The van der Waals surface area contributed by atoms with Crippen LogP contribution in [0.5, 0.6) is 0 Å². The molecule has 0 aromatic carbocycles. The number of rotatable bonds is 5. The summed E-state index contributed by atoms with van der Waals surface area (Å²) in [5.41, 5.74) is 0.438. The lowest BCUT2D eigenvalue weighted by Crippen LogP contribution is -2.12. The number of ether oxygens (including phenoxy) is 1. The third-order valence-corrected chi connectivity index (χ3v) is 1.81. The summed E-state index contributed by atoms with van der Waals surface area (Å²) < 4.78 is 5.08. The molecule has 0 aromatic heterocycles. The van der Waals surface area contributed by atoms with Gasteiger partial charge in [-0.2, -0.15) is 0 Å². The summed E-state index contributed by atoms with van der Waals surface area (Å²) in [6.45, 7) is 13.4. The monoisotopic (exact) mass is 170 g/mol. The van der Waals surface area contributed by atoms with Gasteiger partial charge in [-0.1, -0.05) is 34.3 Å².